The summed E-state index contributed by atoms with van der Waals surface area (Å²) in [6.07, 6.45) is 0. The number of halogens is 2. The number of hydrogen-bond acceptors (Lipinski definition) is 5. The van der Waals surface area contributed by atoms with E-state index in [4.69, 9.17) is 11.6 Å². The highest BCUT2D eigenvalue weighted by Gasteiger charge is 2.27. The normalized spacial score (nSPS) is 14.1. The van der Waals surface area contributed by atoms with Crippen molar-refractivity contribution in [3.63, 3.8) is 0 Å². The van der Waals surface area contributed by atoms with Crippen molar-refractivity contribution < 1.29 is 14.0 Å². The maximum Gasteiger partial charge on any atom is 0.265 e. The van der Waals surface area contributed by atoms with Crippen LogP contribution in [-0.2, 0) is 0 Å². The molecular formula is C23H21ClFN3O2S. The predicted molar refractivity (Wildman–Crippen MR) is 122 cm³/mol. The van der Waals surface area contributed by atoms with E-state index in [2.05, 4.69) is 4.98 Å². The molecule has 2 heterocycles. The Hall–Kier alpha value is -2.77. The minimum absolute atomic E-state index is 0.0599. The first kappa shape index (κ1) is 21.5. The van der Waals surface area contributed by atoms with Crippen LogP contribution in [0.25, 0.3) is 10.6 Å². The van der Waals surface area contributed by atoms with Crippen molar-refractivity contribution in [3.8, 4) is 10.6 Å². The number of aromatic nitrogens is 1. The lowest BCUT2D eigenvalue weighted by atomic mass is 10.1. The van der Waals surface area contributed by atoms with Crippen molar-refractivity contribution in [1.82, 2.24) is 9.88 Å². The van der Waals surface area contributed by atoms with Crippen LogP contribution in [0.15, 0.2) is 42.5 Å². The van der Waals surface area contributed by atoms with Gasteiger partial charge in [0.2, 0.25) is 0 Å². The Morgan fingerprint density at radius 3 is 2.48 bits per heavy atom. The molecule has 8 heteroatoms. The van der Waals surface area contributed by atoms with Gasteiger partial charge >= 0.3 is 0 Å². The average molecular weight is 458 g/mol. The maximum atomic E-state index is 14.5. The number of amides is 1. The van der Waals surface area contributed by atoms with E-state index >= 15 is 0 Å². The molecule has 4 rings (SSSR count). The second-order valence-electron chi connectivity index (χ2n) is 7.45. The Balaban J connectivity index is 1.46. The highest BCUT2D eigenvalue weighted by atomic mass is 35.5. The zero-order valence-electron chi connectivity index (χ0n) is 17.2. The first-order chi connectivity index (χ1) is 14.8. The molecule has 1 fully saturated rings. The van der Waals surface area contributed by atoms with Gasteiger partial charge < -0.3 is 9.80 Å². The van der Waals surface area contributed by atoms with Gasteiger partial charge in [0.05, 0.1) is 11.4 Å². The molecule has 0 N–H and O–H groups in total. The van der Waals surface area contributed by atoms with Crippen LogP contribution in [0.3, 0.4) is 0 Å². The Bertz CT molecular complexity index is 1160. The molecule has 1 amide bonds. The Morgan fingerprint density at radius 1 is 1.10 bits per heavy atom. The van der Waals surface area contributed by atoms with Gasteiger partial charge in [-0.15, -0.1) is 11.3 Å². The van der Waals surface area contributed by atoms with E-state index < -0.39 is 5.82 Å². The third-order valence-electron chi connectivity index (χ3n) is 5.32. The zero-order valence-corrected chi connectivity index (χ0v) is 18.8. The van der Waals surface area contributed by atoms with E-state index in [0.29, 0.717) is 53.0 Å². The Labute approximate surface area is 189 Å². The lowest BCUT2D eigenvalue weighted by molar-refractivity contribution is 0.0750. The number of nitrogens with zero attached hydrogens (tertiary/aromatic N) is 3. The summed E-state index contributed by atoms with van der Waals surface area (Å²) in [5.74, 6) is -0.648. The Kier molecular flexibility index (Phi) is 6.07. The van der Waals surface area contributed by atoms with Crippen molar-refractivity contribution >= 4 is 40.3 Å². The van der Waals surface area contributed by atoms with Gasteiger partial charge in [0, 0.05) is 42.3 Å². The van der Waals surface area contributed by atoms with E-state index in [1.165, 1.54) is 24.3 Å². The number of hydrogen-bond donors (Lipinski definition) is 0. The quantitative estimate of drug-likeness (QED) is 0.513. The van der Waals surface area contributed by atoms with Gasteiger partial charge in [0.25, 0.3) is 5.91 Å². The van der Waals surface area contributed by atoms with Gasteiger partial charge in [-0.25, -0.2) is 9.37 Å². The monoisotopic (exact) mass is 457 g/mol. The molecule has 31 heavy (non-hydrogen) atoms. The first-order valence-corrected chi connectivity index (χ1v) is 11.1. The number of Topliss-reactive ketones (excluding diaryl/α,β-unsaturated/α-hetero) is 1. The molecule has 5 nitrogen and oxygen atoms in total. The molecule has 0 radical (unpaired) electrons. The lowest BCUT2D eigenvalue weighted by Gasteiger charge is -2.36. The fourth-order valence-electron chi connectivity index (χ4n) is 3.62. The maximum absolute atomic E-state index is 14.5. The summed E-state index contributed by atoms with van der Waals surface area (Å²) >= 11 is 7.44. The molecular weight excluding hydrogens is 437 g/mol. The topological polar surface area (TPSA) is 53.5 Å². The van der Waals surface area contributed by atoms with Crippen LogP contribution < -0.4 is 4.90 Å². The molecule has 0 bridgehead atoms. The number of rotatable bonds is 4. The third kappa shape index (κ3) is 4.48. The number of carbonyl (C=O) groups excluding carboxylic acids is 2. The number of aryl methyl sites for hydroxylation is 1. The van der Waals surface area contributed by atoms with Crippen LogP contribution in [0.4, 0.5) is 10.1 Å². The zero-order chi connectivity index (χ0) is 22.1. The second-order valence-corrected chi connectivity index (χ2v) is 8.88. The third-order valence-corrected chi connectivity index (χ3v) is 6.75. The summed E-state index contributed by atoms with van der Waals surface area (Å²) in [6, 6.07) is 11.9. The average Bonchev–Trinajstić information content (AvgIpc) is 3.15. The molecule has 2 aromatic carbocycles. The summed E-state index contributed by atoms with van der Waals surface area (Å²) in [6.45, 7) is 5.24. The molecule has 3 aromatic rings. The van der Waals surface area contributed by atoms with Gasteiger partial charge in [-0.05, 0) is 44.2 Å². The fourth-order valence-corrected chi connectivity index (χ4v) is 4.84. The van der Waals surface area contributed by atoms with Crippen molar-refractivity contribution in [2.24, 2.45) is 0 Å². The van der Waals surface area contributed by atoms with Crippen molar-refractivity contribution in [2.45, 2.75) is 13.8 Å². The summed E-state index contributed by atoms with van der Waals surface area (Å²) in [4.78, 5) is 33.4. The van der Waals surface area contributed by atoms with Crippen LogP contribution in [0, 0.1) is 12.7 Å². The molecule has 1 aromatic heterocycles. The molecule has 1 saturated heterocycles. The molecule has 0 atom stereocenters. The van der Waals surface area contributed by atoms with Gasteiger partial charge in [-0.1, -0.05) is 23.7 Å². The molecule has 1 aliphatic heterocycles. The highest BCUT2D eigenvalue weighted by molar-refractivity contribution is 7.17. The predicted octanol–water partition coefficient (Wildman–Crippen LogP) is 5.08. The molecule has 1 aliphatic rings. The van der Waals surface area contributed by atoms with Gasteiger partial charge in [0.15, 0.2) is 5.78 Å². The second kappa shape index (κ2) is 8.77. The van der Waals surface area contributed by atoms with Gasteiger partial charge in [-0.3, -0.25) is 9.59 Å². The Morgan fingerprint density at radius 2 is 1.84 bits per heavy atom. The van der Waals surface area contributed by atoms with Crippen molar-refractivity contribution in [1.29, 1.82) is 0 Å². The van der Waals surface area contributed by atoms with E-state index in [1.807, 2.05) is 30.0 Å². The highest BCUT2D eigenvalue weighted by Crippen LogP contribution is 2.31. The minimum Gasteiger partial charge on any atom is -0.366 e. The van der Waals surface area contributed by atoms with Crippen LogP contribution in [0.1, 0.15) is 32.6 Å². The molecule has 0 spiro atoms. The van der Waals surface area contributed by atoms with E-state index in [9.17, 15) is 14.0 Å². The molecule has 160 valence electrons. The van der Waals surface area contributed by atoms with E-state index in [1.54, 1.807) is 23.1 Å². The molecule has 0 unspecified atom stereocenters. The number of benzene rings is 2. The van der Waals surface area contributed by atoms with Crippen LogP contribution in [0.2, 0.25) is 5.02 Å². The minimum atomic E-state index is -0.419. The number of anilines is 1. The number of carbonyl (C=O) groups is 2. The van der Waals surface area contributed by atoms with Gasteiger partial charge in [-0.2, -0.15) is 0 Å². The lowest BCUT2D eigenvalue weighted by Crippen LogP contribution is -2.49. The summed E-state index contributed by atoms with van der Waals surface area (Å²) in [5, 5.41) is 1.38. The van der Waals surface area contributed by atoms with Crippen molar-refractivity contribution in [3.05, 3.63) is 69.4 Å². The van der Waals surface area contributed by atoms with E-state index in [0.717, 1.165) is 10.6 Å². The fraction of sp³-hybridized carbons (Fsp3) is 0.261. The SMILES string of the molecule is CC(=O)c1ccc(N2CCN(C(=O)c3sc(-c4cccc(Cl)c4)nc3C)CC2)c(F)c1. The first-order valence-electron chi connectivity index (χ1n) is 9.91. The summed E-state index contributed by atoms with van der Waals surface area (Å²) in [5.41, 5.74) is 2.38. The molecule has 0 saturated carbocycles. The largest absolute Gasteiger partial charge is 0.366 e. The number of thiazole rings is 1. The molecule has 0 aliphatic carbocycles. The van der Waals surface area contributed by atoms with Crippen LogP contribution >= 0.6 is 22.9 Å². The standard InChI is InChI=1S/C23H21ClFN3O2S/c1-14-21(31-22(26-14)17-4-3-5-18(24)12-17)23(30)28-10-8-27(9-11-28)20-7-6-16(15(2)29)13-19(20)25/h3-7,12-13H,8-11H2,1-2H3. The number of piperazine rings is 1. The smallest absolute Gasteiger partial charge is 0.265 e. The summed E-state index contributed by atoms with van der Waals surface area (Å²) in [7, 11) is 0. The number of ketones is 1. The van der Waals surface area contributed by atoms with Crippen molar-refractivity contribution in [2.75, 3.05) is 31.1 Å². The van der Waals surface area contributed by atoms with Crippen LogP contribution in [0.5, 0.6) is 0 Å². The van der Waals surface area contributed by atoms with Gasteiger partial charge in [0.1, 0.15) is 15.7 Å². The summed E-state index contributed by atoms with van der Waals surface area (Å²) < 4.78 is 14.5. The van der Waals surface area contributed by atoms with Crippen LogP contribution in [-0.4, -0.2) is 47.8 Å². The van der Waals surface area contributed by atoms with E-state index in [-0.39, 0.29) is 11.7 Å².